The van der Waals surface area contributed by atoms with Crippen molar-refractivity contribution in [2.45, 2.75) is 19.4 Å². The Kier molecular flexibility index (Phi) is 4.07. The summed E-state index contributed by atoms with van der Waals surface area (Å²) in [6.07, 6.45) is -0.0199. The monoisotopic (exact) mass is 331 g/mol. The first-order chi connectivity index (χ1) is 11.5. The fourth-order valence-electron chi connectivity index (χ4n) is 2.50. The van der Waals surface area contributed by atoms with Gasteiger partial charge in [0.15, 0.2) is 0 Å². The zero-order chi connectivity index (χ0) is 17.3. The average molecular weight is 331 g/mol. The molecule has 0 bridgehead atoms. The Balaban J connectivity index is 1.89. The van der Waals surface area contributed by atoms with Crippen molar-refractivity contribution in [1.82, 2.24) is 14.8 Å². The summed E-state index contributed by atoms with van der Waals surface area (Å²) in [5, 5.41) is 9.54. The summed E-state index contributed by atoms with van der Waals surface area (Å²) in [6.45, 7) is 1.69. The van der Waals surface area contributed by atoms with Crippen LogP contribution in [0.4, 0.5) is 11.6 Å². The van der Waals surface area contributed by atoms with Crippen molar-refractivity contribution in [2.24, 2.45) is 0 Å². The summed E-state index contributed by atoms with van der Waals surface area (Å²) in [4.78, 5) is 28.6. The number of benzene rings is 1. The lowest BCUT2D eigenvalue weighted by atomic mass is 10.1. The van der Waals surface area contributed by atoms with Gasteiger partial charge in [-0.3, -0.25) is 14.9 Å². The van der Waals surface area contributed by atoms with Crippen LogP contribution in [0.1, 0.15) is 18.3 Å². The van der Waals surface area contributed by atoms with Crippen LogP contribution in [0.2, 0.25) is 0 Å². The van der Waals surface area contributed by atoms with E-state index in [1.54, 1.807) is 25.1 Å². The van der Waals surface area contributed by atoms with E-state index >= 15 is 0 Å². The van der Waals surface area contributed by atoms with Gasteiger partial charge >= 0.3 is 0 Å². The Labute approximate surface area is 138 Å². The van der Waals surface area contributed by atoms with Gasteiger partial charge < -0.3 is 14.8 Å². The summed E-state index contributed by atoms with van der Waals surface area (Å²) in [5.74, 6) is 1.13. The molecule has 9 nitrogen and oxygen atoms in total. The maximum atomic E-state index is 12.7. The van der Waals surface area contributed by atoms with Gasteiger partial charge in [0.25, 0.3) is 0 Å². The number of anilines is 2. The van der Waals surface area contributed by atoms with Crippen LogP contribution in [0.5, 0.6) is 11.5 Å². The number of aryl methyl sites for hydroxylation is 1. The molecule has 0 aliphatic carbocycles. The van der Waals surface area contributed by atoms with Crippen molar-refractivity contribution < 1.29 is 19.1 Å². The van der Waals surface area contributed by atoms with Gasteiger partial charge in [0.05, 0.1) is 26.3 Å². The first-order valence-electron chi connectivity index (χ1n) is 7.27. The summed E-state index contributed by atoms with van der Waals surface area (Å²) < 4.78 is 11.8. The van der Waals surface area contributed by atoms with Gasteiger partial charge in [-0.15, -0.1) is 0 Å². The molecular weight excluding hydrogens is 314 g/mol. The van der Waals surface area contributed by atoms with Gasteiger partial charge in [-0.05, 0) is 19.1 Å². The molecule has 1 aromatic carbocycles. The first-order valence-corrected chi connectivity index (χ1v) is 7.27. The number of nitrogens with one attached hydrogen (secondary N) is 2. The van der Waals surface area contributed by atoms with Crippen LogP contribution in [-0.2, 0) is 9.59 Å². The van der Waals surface area contributed by atoms with E-state index in [0.29, 0.717) is 23.0 Å². The van der Waals surface area contributed by atoms with E-state index in [-0.39, 0.29) is 24.2 Å². The van der Waals surface area contributed by atoms with E-state index in [1.807, 2.05) is 0 Å². The highest BCUT2D eigenvalue weighted by Crippen LogP contribution is 2.31. The van der Waals surface area contributed by atoms with Gasteiger partial charge in [0.1, 0.15) is 23.4 Å². The molecule has 0 radical (unpaired) electrons. The fraction of sp³-hybridized carbons (Fsp3) is 0.333. The molecule has 2 amide bonds. The molecular formula is C15H17N5O4. The molecule has 1 unspecified atom stereocenters. The maximum Gasteiger partial charge on any atom is 0.250 e. The molecule has 24 heavy (non-hydrogen) atoms. The largest absolute Gasteiger partial charge is 0.497 e. The van der Waals surface area contributed by atoms with Gasteiger partial charge in [-0.2, -0.15) is 10.1 Å². The quantitative estimate of drug-likeness (QED) is 0.869. The third-order valence-corrected chi connectivity index (χ3v) is 3.63. The highest BCUT2D eigenvalue weighted by Gasteiger charge is 2.33. The summed E-state index contributed by atoms with van der Waals surface area (Å²) in [6, 6.07) is 4.27. The Morgan fingerprint density at radius 2 is 2.17 bits per heavy atom. The second-order valence-corrected chi connectivity index (χ2v) is 5.25. The Hall–Kier alpha value is -3.10. The van der Waals surface area contributed by atoms with Crippen LogP contribution in [0.3, 0.4) is 0 Å². The third-order valence-electron chi connectivity index (χ3n) is 3.63. The SMILES string of the molecule is COc1ccc(OC)c(NC(=O)C2CC(=O)Nc3nc(C)nn32)c1. The number of amides is 2. The number of carbonyl (C=O) groups excluding carboxylic acids is 2. The van der Waals surface area contributed by atoms with Crippen molar-refractivity contribution in [3.8, 4) is 11.5 Å². The standard InChI is InChI=1S/C15H17N5O4/c1-8-16-15-18-13(21)7-11(20(15)19-8)14(22)17-10-6-9(23-2)4-5-12(10)24-3/h4-6,11H,7H2,1-3H3,(H,17,22)(H,16,18,19,21). The lowest BCUT2D eigenvalue weighted by Gasteiger charge is -2.23. The Morgan fingerprint density at radius 1 is 1.38 bits per heavy atom. The second-order valence-electron chi connectivity index (χ2n) is 5.25. The van der Waals surface area contributed by atoms with Gasteiger partial charge in [-0.1, -0.05) is 0 Å². The number of aromatic nitrogens is 3. The molecule has 2 heterocycles. The molecule has 1 atom stereocenters. The van der Waals surface area contributed by atoms with Crippen LogP contribution in [-0.4, -0.2) is 40.8 Å². The Morgan fingerprint density at radius 3 is 2.88 bits per heavy atom. The highest BCUT2D eigenvalue weighted by molar-refractivity contribution is 6.01. The first kappa shape index (κ1) is 15.8. The summed E-state index contributed by atoms with van der Waals surface area (Å²) in [7, 11) is 3.04. The molecule has 0 saturated carbocycles. The lowest BCUT2D eigenvalue weighted by Crippen LogP contribution is -2.36. The van der Waals surface area contributed by atoms with Crippen LogP contribution < -0.4 is 20.1 Å². The normalized spacial score (nSPS) is 16.1. The van der Waals surface area contributed by atoms with Crippen molar-refractivity contribution in [1.29, 1.82) is 0 Å². The van der Waals surface area contributed by atoms with E-state index in [1.165, 1.54) is 18.9 Å². The number of rotatable bonds is 4. The van der Waals surface area contributed by atoms with Gasteiger partial charge in [-0.25, -0.2) is 4.68 Å². The topological polar surface area (TPSA) is 107 Å². The lowest BCUT2D eigenvalue weighted by molar-refractivity contribution is -0.125. The molecule has 0 saturated heterocycles. The number of fused-ring (bicyclic) bond motifs is 1. The van der Waals surface area contributed by atoms with Crippen molar-refractivity contribution >= 4 is 23.5 Å². The fourth-order valence-corrected chi connectivity index (χ4v) is 2.50. The molecule has 1 aliphatic heterocycles. The zero-order valence-electron chi connectivity index (χ0n) is 13.5. The average Bonchev–Trinajstić information content (AvgIpc) is 2.93. The third kappa shape index (κ3) is 2.87. The molecule has 3 rings (SSSR count). The molecule has 2 N–H and O–H groups in total. The Bertz CT molecular complexity index is 801. The predicted octanol–water partition coefficient (Wildman–Crippen LogP) is 1.13. The molecule has 0 spiro atoms. The van der Waals surface area contributed by atoms with Gasteiger partial charge in [0.2, 0.25) is 17.8 Å². The molecule has 1 aromatic heterocycles. The molecule has 9 heteroatoms. The number of methoxy groups -OCH3 is 2. The van der Waals surface area contributed by atoms with Crippen molar-refractivity contribution in [3.63, 3.8) is 0 Å². The predicted molar refractivity (Wildman–Crippen MR) is 85.2 cm³/mol. The van der Waals surface area contributed by atoms with E-state index in [9.17, 15) is 9.59 Å². The number of ether oxygens (including phenoxy) is 2. The van der Waals surface area contributed by atoms with E-state index in [0.717, 1.165) is 0 Å². The molecule has 1 aliphatic rings. The van der Waals surface area contributed by atoms with Crippen molar-refractivity contribution in [3.05, 3.63) is 24.0 Å². The summed E-state index contributed by atoms with van der Waals surface area (Å²) in [5.41, 5.74) is 0.450. The molecule has 126 valence electrons. The minimum Gasteiger partial charge on any atom is -0.497 e. The smallest absolute Gasteiger partial charge is 0.250 e. The molecule has 0 fully saturated rings. The number of carbonyl (C=O) groups is 2. The van der Waals surface area contributed by atoms with E-state index < -0.39 is 6.04 Å². The number of nitrogens with zero attached hydrogens (tertiary/aromatic N) is 3. The molecule has 2 aromatic rings. The number of hydrogen-bond donors (Lipinski definition) is 2. The number of hydrogen-bond acceptors (Lipinski definition) is 6. The zero-order valence-corrected chi connectivity index (χ0v) is 13.5. The minimum atomic E-state index is -0.786. The minimum absolute atomic E-state index is 0.0199. The van der Waals surface area contributed by atoms with Crippen molar-refractivity contribution in [2.75, 3.05) is 24.9 Å². The van der Waals surface area contributed by atoms with Gasteiger partial charge in [0, 0.05) is 6.07 Å². The van der Waals surface area contributed by atoms with Crippen LogP contribution in [0.15, 0.2) is 18.2 Å². The van der Waals surface area contributed by atoms with Crippen LogP contribution >= 0.6 is 0 Å². The second kappa shape index (κ2) is 6.19. The van der Waals surface area contributed by atoms with Crippen LogP contribution in [0, 0.1) is 6.92 Å². The summed E-state index contributed by atoms with van der Waals surface area (Å²) >= 11 is 0. The van der Waals surface area contributed by atoms with E-state index in [4.69, 9.17) is 9.47 Å². The van der Waals surface area contributed by atoms with E-state index in [2.05, 4.69) is 20.7 Å². The maximum absolute atomic E-state index is 12.7. The highest BCUT2D eigenvalue weighted by atomic mass is 16.5. The van der Waals surface area contributed by atoms with Crippen LogP contribution in [0.25, 0.3) is 0 Å².